The van der Waals surface area contributed by atoms with Gasteiger partial charge in [-0.05, 0) is 23.6 Å². The Bertz CT molecular complexity index is 1040. The van der Waals surface area contributed by atoms with Crippen LogP contribution >= 0.6 is 0 Å². The molecule has 0 aliphatic rings. The molecule has 0 saturated heterocycles. The summed E-state index contributed by atoms with van der Waals surface area (Å²) in [7, 11) is -1.65. The highest BCUT2D eigenvalue weighted by Gasteiger charge is 2.31. The molecule has 0 unspecified atom stereocenters. The van der Waals surface area contributed by atoms with E-state index in [1.54, 1.807) is 4.40 Å². The van der Waals surface area contributed by atoms with E-state index in [1.165, 1.54) is 0 Å². The van der Waals surface area contributed by atoms with E-state index < -0.39 is 8.07 Å². The fourth-order valence-electron chi connectivity index (χ4n) is 3.08. The number of pyridine rings is 1. The number of benzene rings is 2. The normalized spacial score (nSPS) is 12.7. The van der Waals surface area contributed by atoms with Crippen LogP contribution in [0.4, 0.5) is 0 Å². The third-order valence-electron chi connectivity index (χ3n) is 4.04. The molecule has 2 heterocycles. The quantitative estimate of drug-likeness (QED) is 0.307. The van der Waals surface area contributed by atoms with Crippen LogP contribution in [0.5, 0.6) is 0 Å². The Hall–Kier alpha value is -2.20. The first-order valence-electron chi connectivity index (χ1n) is 7.10. The van der Waals surface area contributed by atoms with Crippen molar-refractivity contribution in [3.63, 3.8) is 0 Å². The first kappa shape index (κ1) is 12.5. The largest absolute Gasteiger partial charge is 0.607 e. The van der Waals surface area contributed by atoms with Crippen molar-refractivity contribution in [2.45, 2.75) is 19.6 Å². The lowest BCUT2D eigenvalue weighted by atomic mass is 10.1. The van der Waals surface area contributed by atoms with Crippen molar-refractivity contribution in [2.75, 3.05) is 0 Å². The van der Waals surface area contributed by atoms with Gasteiger partial charge in [0.25, 0.3) is 0 Å². The summed E-state index contributed by atoms with van der Waals surface area (Å²) in [6.07, 6.45) is 0. The molecule has 0 N–H and O–H groups in total. The molecule has 2 aromatic heterocycles. The van der Waals surface area contributed by atoms with Gasteiger partial charge >= 0.3 is 5.76 Å². The first-order chi connectivity index (χ1) is 9.97. The molecular weight excluding hydrogens is 278 g/mol. The molecule has 4 aromatic rings. The van der Waals surface area contributed by atoms with E-state index in [-0.39, 0.29) is 5.76 Å². The molecule has 0 fully saturated rings. The Morgan fingerprint density at radius 2 is 1.67 bits per heavy atom. The third kappa shape index (κ3) is 1.66. The summed E-state index contributed by atoms with van der Waals surface area (Å²) < 4.78 is 7.36. The maximum absolute atomic E-state index is 12.5. The molecule has 0 radical (unpaired) electrons. The lowest BCUT2D eigenvalue weighted by Gasteiger charge is -2.13. The highest BCUT2D eigenvalue weighted by atomic mass is 28.3. The zero-order valence-electron chi connectivity index (χ0n) is 12.3. The predicted molar refractivity (Wildman–Crippen MR) is 87.3 cm³/mol. The van der Waals surface area contributed by atoms with Gasteiger partial charge in [0, 0.05) is 11.5 Å². The van der Waals surface area contributed by atoms with Gasteiger partial charge in [0.05, 0.1) is 5.39 Å². The second-order valence-electron chi connectivity index (χ2n) is 6.53. The van der Waals surface area contributed by atoms with Gasteiger partial charge in [-0.1, -0.05) is 42.2 Å². The summed E-state index contributed by atoms with van der Waals surface area (Å²) >= 11 is 0. The van der Waals surface area contributed by atoms with E-state index >= 15 is 0 Å². The Morgan fingerprint density at radius 3 is 2.43 bits per heavy atom. The van der Waals surface area contributed by atoms with Gasteiger partial charge in [-0.2, -0.15) is 4.79 Å². The average Bonchev–Trinajstić information content (AvgIpc) is 2.44. The minimum absolute atomic E-state index is 0.288. The number of nitrogens with zero attached hydrogens (tertiary/aromatic N) is 1. The lowest BCUT2D eigenvalue weighted by molar-refractivity contribution is -0.523. The van der Waals surface area contributed by atoms with E-state index in [1.807, 2.05) is 12.1 Å². The fourth-order valence-corrected chi connectivity index (χ4v) is 4.54. The summed E-state index contributed by atoms with van der Waals surface area (Å²) in [6, 6.07) is 14.2. The van der Waals surface area contributed by atoms with Crippen LogP contribution in [0.1, 0.15) is 0 Å². The second kappa shape index (κ2) is 3.92. The molecule has 0 aliphatic heterocycles. The highest BCUT2D eigenvalue weighted by Crippen LogP contribution is 2.26. The van der Waals surface area contributed by atoms with Gasteiger partial charge in [0.2, 0.25) is 5.52 Å². The molecule has 0 aliphatic carbocycles. The van der Waals surface area contributed by atoms with E-state index in [4.69, 9.17) is 4.42 Å². The molecular formula is C17H16NO2Si+. The van der Waals surface area contributed by atoms with Crippen molar-refractivity contribution < 1.29 is 8.82 Å². The Morgan fingerprint density at radius 1 is 0.952 bits per heavy atom. The smallest absolute Gasteiger partial charge is 0.371 e. The van der Waals surface area contributed by atoms with E-state index in [9.17, 15) is 4.79 Å². The van der Waals surface area contributed by atoms with Gasteiger partial charge in [0.15, 0.2) is 19.0 Å². The molecule has 4 heteroatoms. The zero-order chi connectivity index (χ0) is 14.8. The van der Waals surface area contributed by atoms with Crippen LogP contribution in [0.2, 0.25) is 19.6 Å². The van der Waals surface area contributed by atoms with Crippen LogP contribution in [0.25, 0.3) is 27.3 Å². The van der Waals surface area contributed by atoms with Crippen molar-refractivity contribution in [3.05, 3.63) is 53.0 Å². The predicted octanol–water partition coefficient (Wildman–Crippen LogP) is 2.67. The van der Waals surface area contributed by atoms with Crippen molar-refractivity contribution in [2.24, 2.45) is 0 Å². The SMILES string of the molecule is C[Si](C)(C)c1ccc2ccc3cccc4oc(=O)[n+]1c2c34. The van der Waals surface area contributed by atoms with Crippen molar-refractivity contribution in [3.8, 4) is 0 Å². The molecule has 2 aromatic carbocycles. The minimum Gasteiger partial charge on any atom is -0.371 e. The second-order valence-corrected chi connectivity index (χ2v) is 11.5. The van der Waals surface area contributed by atoms with Gasteiger partial charge < -0.3 is 4.42 Å². The Kier molecular flexibility index (Phi) is 2.34. The first-order valence-corrected chi connectivity index (χ1v) is 10.6. The monoisotopic (exact) mass is 294 g/mol. The Balaban J connectivity index is 2.41. The topological polar surface area (TPSA) is 34.3 Å². The van der Waals surface area contributed by atoms with Gasteiger partial charge in [-0.15, -0.1) is 0 Å². The van der Waals surface area contributed by atoms with Crippen molar-refractivity contribution in [1.82, 2.24) is 0 Å². The van der Waals surface area contributed by atoms with Crippen LogP contribution in [-0.4, -0.2) is 8.07 Å². The lowest BCUT2D eigenvalue weighted by Crippen LogP contribution is -2.62. The van der Waals surface area contributed by atoms with Crippen LogP contribution in [0, 0.1) is 0 Å². The number of aromatic nitrogens is 1. The molecule has 0 spiro atoms. The third-order valence-corrected chi connectivity index (χ3v) is 5.97. The van der Waals surface area contributed by atoms with E-state index in [0.717, 1.165) is 27.0 Å². The number of rotatable bonds is 1. The fraction of sp³-hybridized carbons (Fsp3) is 0.176. The molecule has 3 nitrogen and oxygen atoms in total. The summed E-state index contributed by atoms with van der Waals surface area (Å²) in [4.78, 5) is 12.5. The molecule has 104 valence electrons. The van der Waals surface area contributed by atoms with Crippen molar-refractivity contribution in [1.29, 1.82) is 0 Å². The van der Waals surface area contributed by atoms with E-state index in [0.29, 0.717) is 5.58 Å². The van der Waals surface area contributed by atoms with Crippen LogP contribution in [-0.2, 0) is 0 Å². The Labute approximate surface area is 122 Å². The van der Waals surface area contributed by atoms with Crippen LogP contribution in [0.3, 0.4) is 0 Å². The molecule has 4 rings (SSSR count). The average molecular weight is 294 g/mol. The summed E-state index contributed by atoms with van der Waals surface area (Å²) in [5.41, 5.74) is 1.65. The number of hydrogen-bond acceptors (Lipinski definition) is 2. The summed E-state index contributed by atoms with van der Waals surface area (Å²) in [5.74, 6) is -0.288. The molecule has 0 atom stereocenters. The van der Waals surface area contributed by atoms with Crippen molar-refractivity contribution >= 4 is 40.6 Å². The zero-order valence-corrected chi connectivity index (χ0v) is 13.3. The maximum Gasteiger partial charge on any atom is 0.607 e. The summed E-state index contributed by atoms with van der Waals surface area (Å²) in [6.45, 7) is 6.72. The number of hydrogen-bond donors (Lipinski definition) is 0. The summed E-state index contributed by atoms with van der Waals surface area (Å²) in [5, 5.41) is 4.32. The van der Waals surface area contributed by atoms with Gasteiger partial charge in [-0.25, -0.2) is 0 Å². The molecule has 0 bridgehead atoms. The standard InChI is InChI=1S/C17H16NO2Si/c1-21(2,3)14-10-9-12-8-7-11-5-4-6-13-15(11)16(12)18(14)17(19)20-13/h4-10H,1-3H3/q+1. The maximum atomic E-state index is 12.5. The van der Waals surface area contributed by atoms with Crippen LogP contribution in [0.15, 0.2) is 51.7 Å². The molecule has 0 saturated carbocycles. The van der Waals surface area contributed by atoms with Gasteiger partial charge in [-0.3, -0.25) is 0 Å². The molecule has 21 heavy (non-hydrogen) atoms. The minimum atomic E-state index is -1.65. The highest BCUT2D eigenvalue weighted by molar-refractivity contribution is 6.87. The molecule has 0 amide bonds. The van der Waals surface area contributed by atoms with Crippen LogP contribution < -0.4 is 15.5 Å². The van der Waals surface area contributed by atoms with E-state index in [2.05, 4.69) is 50.0 Å². The van der Waals surface area contributed by atoms with Gasteiger partial charge in [0.1, 0.15) is 0 Å².